The van der Waals surface area contributed by atoms with Crippen molar-refractivity contribution in [3.8, 4) is 0 Å². The maximum absolute atomic E-state index is 5.04. The van der Waals surface area contributed by atoms with Crippen LogP contribution in [-0.2, 0) is 25.7 Å². The molecule has 182 valence electrons. The molecule has 1 aliphatic heterocycles. The van der Waals surface area contributed by atoms with Crippen molar-refractivity contribution in [2.45, 2.75) is 71.6 Å². The van der Waals surface area contributed by atoms with Gasteiger partial charge in [0.05, 0.1) is 12.1 Å². The van der Waals surface area contributed by atoms with E-state index in [-0.39, 0.29) is 0 Å². The number of rotatable bonds is 9. The summed E-state index contributed by atoms with van der Waals surface area (Å²) in [5.41, 5.74) is 6.86. The first-order valence-electron chi connectivity index (χ1n) is 13.2. The van der Waals surface area contributed by atoms with Gasteiger partial charge in [-0.05, 0) is 73.9 Å². The molecule has 1 fully saturated rings. The Kier molecular flexibility index (Phi) is 7.36. The van der Waals surface area contributed by atoms with Crippen LogP contribution in [0.15, 0.2) is 48.9 Å². The lowest BCUT2D eigenvalue weighted by atomic mass is 10.1. The minimum absolute atomic E-state index is 0.668. The normalized spacial score (nSPS) is 14.1. The van der Waals surface area contributed by atoms with Gasteiger partial charge in [-0.2, -0.15) is 0 Å². The molecule has 4 aromatic heterocycles. The van der Waals surface area contributed by atoms with Gasteiger partial charge in [0.25, 0.3) is 0 Å². The maximum Gasteiger partial charge on any atom is 0.136 e. The van der Waals surface area contributed by atoms with E-state index >= 15 is 0 Å². The third-order valence-electron chi connectivity index (χ3n) is 6.86. The number of hydrogen-bond donors (Lipinski definition) is 0. The second-order valence-electron chi connectivity index (χ2n) is 9.68. The predicted octanol–water partition coefficient (Wildman–Crippen LogP) is 5.60. The standard InChI is InChI=1S/C29H36N6/c1-3-5-9-24-16-22(4-2)17-25(31-24)20-27-32-26(21-29(33-27)34-12-7-6-8-13-34)18-23-10-14-35-15-11-30-28(35)19-23/h10-11,14-17,19,21H,3-9,12-13,18,20H2,1-2H3. The lowest BCUT2D eigenvalue weighted by Crippen LogP contribution is -2.30. The van der Waals surface area contributed by atoms with E-state index in [4.69, 9.17) is 15.0 Å². The molecule has 0 saturated carbocycles. The Bertz CT molecular complexity index is 1270. The Balaban J connectivity index is 1.46. The van der Waals surface area contributed by atoms with E-state index in [1.807, 2.05) is 16.8 Å². The molecule has 1 saturated heterocycles. The van der Waals surface area contributed by atoms with Crippen LogP contribution in [-0.4, -0.2) is 37.4 Å². The number of hydrogen-bond acceptors (Lipinski definition) is 5. The average molecular weight is 469 g/mol. The van der Waals surface area contributed by atoms with Crippen molar-refractivity contribution < 1.29 is 0 Å². The van der Waals surface area contributed by atoms with Crippen molar-refractivity contribution in [3.05, 3.63) is 83.0 Å². The second kappa shape index (κ2) is 11.0. The summed E-state index contributed by atoms with van der Waals surface area (Å²) in [5, 5.41) is 0. The van der Waals surface area contributed by atoms with Crippen LogP contribution in [0, 0.1) is 0 Å². The SMILES string of the molecule is CCCCc1cc(CC)cc(Cc2nc(Cc3ccn4ccnc4c3)cc(N3CCCCC3)n2)n1. The average Bonchev–Trinajstić information content (AvgIpc) is 3.36. The fourth-order valence-electron chi connectivity index (χ4n) is 4.92. The van der Waals surface area contributed by atoms with Crippen molar-refractivity contribution >= 4 is 11.5 Å². The van der Waals surface area contributed by atoms with Gasteiger partial charge < -0.3 is 9.30 Å². The van der Waals surface area contributed by atoms with Gasteiger partial charge in [-0.15, -0.1) is 0 Å². The van der Waals surface area contributed by atoms with E-state index in [0.717, 1.165) is 61.0 Å². The summed E-state index contributed by atoms with van der Waals surface area (Å²) in [7, 11) is 0. The van der Waals surface area contributed by atoms with Crippen LogP contribution in [0.25, 0.3) is 5.65 Å². The van der Waals surface area contributed by atoms with Crippen molar-refractivity contribution in [3.63, 3.8) is 0 Å². The number of nitrogens with zero attached hydrogens (tertiary/aromatic N) is 6. The van der Waals surface area contributed by atoms with Gasteiger partial charge in [0.2, 0.25) is 0 Å². The Hall–Kier alpha value is -3.28. The van der Waals surface area contributed by atoms with E-state index in [1.165, 1.54) is 48.9 Å². The summed E-state index contributed by atoms with van der Waals surface area (Å²) < 4.78 is 2.04. The zero-order valence-electron chi connectivity index (χ0n) is 21.1. The van der Waals surface area contributed by atoms with Crippen LogP contribution in [0.2, 0.25) is 0 Å². The van der Waals surface area contributed by atoms with E-state index in [9.17, 15) is 0 Å². The highest BCUT2D eigenvalue weighted by molar-refractivity contribution is 5.45. The largest absolute Gasteiger partial charge is 0.357 e. The van der Waals surface area contributed by atoms with Gasteiger partial charge >= 0.3 is 0 Å². The summed E-state index contributed by atoms with van der Waals surface area (Å²) in [6.45, 7) is 6.59. The molecule has 4 aromatic rings. The lowest BCUT2D eigenvalue weighted by molar-refractivity contribution is 0.571. The first-order valence-corrected chi connectivity index (χ1v) is 13.2. The molecule has 6 nitrogen and oxygen atoms in total. The minimum Gasteiger partial charge on any atom is -0.357 e. The molecule has 6 heteroatoms. The molecule has 0 radical (unpaired) electrons. The fourth-order valence-corrected chi connectivity index (χ4v) is 4.92. The molecule has 0 aliphatic carbocycles. The highest BCUT2D eigenvalue weighted by atomic mass is 15.2. The first-order chi connectivity index (χ1) is 17.2. The predicted molar refractivity (Wildman–Crippen MR) is 141 cm³/mol. The van der Waals surface area contributed by atoms with Gasteiger partial charge in [-0.25, -0.2) is 15.0 Å². The van der Waals surface area contributed by atoms with E-state index < -0.39 is 0 Å². The van der Waals surface area contributed by atoms with Crippen LogP contribution in [0.4, 0.5) is 5.82 Å². The number of imidazole rings is 1. The molecule has 1 aliphatic rings. The monoisotopic (exact) mass is 468 g/mol. The van der Waals surface area contributed by atoms with Gasteiger partial charge in [-0.3, -0.25) is 4.98 Å². The maximum atomic E-state index is 5.04. The first kappa shape index (κ1) is 23.5. The number of aryl methyl sites for hydroxylation is 2. The van der Waals surface area contributed by atoms with Gasteiger partial charge in [-0.1, -0.05) is 20.3 Å². The summed E-state index contributed by atoms with van der Waals surface area (Å²) in [6, 6.07) is 11.0. The smallest absolute Gasteiger partial charge is 0.136 e. The van der Waals surface area contributed by atoms with E-state index in [0.29, 0.717) is 6.42 Å². The van der Waals surface area contributed by atoms with Crippen molar-refractivity contribution in [2.75, 3.05) is 18.0 Å². The van der Waals surface area contributed by atoms with Crippen LogP contribution in [0.5, 0.6) is 0 Å². The van der Waals surface area contributed by atoms with Crippen molar-refractivity contribution in [1.29, 1.82) is 0 Å². The molecule has 5 heterocycles. The molecular formula is C29H36N6. The third-order valence-corrected chi connectivity index (χ3v) is 6.86. The summed E-state index contributed by atoms with van der Waals surface area (Å²) in [4.78, 5) is 21.9. The van der Waals surface area contributed by atoms with Crippen LogP contribution in [0.3, 0.4) is 0 Å². The number of anilines is 1. The van der Waals surface area contributed by atoms with Gasteiger partial charge in [0, 0.05) is 55.6 Å². The molecule has 5 rings (SSSR count). The number of unbranched alkanes of at least 4 members (excludes halogenated alkanes) is 1. The van der Waals surface area contributed by atoms with E-state index in [2.05, 4.69) is 60.3 Å². The van der Waals surface area contributed by atoms with Gasteiger partial charge in [0.15, 0.2) is 0 Å². The number of piperidine rings is 1. The molecular weight excluding hydrogens is 432 g/mol. The Morgan fingerprint density at radius 2 is 1.63 bits per heavy atom. The van der Waals surface area contributed by atoms with Crippen LogP contribution in [0.1, 0.15) is 80.0 Å². The zero-order chi connectivity index (χ0) is 24.0. The summed E-state index contributed by atoms with van der Waals surface area (Å²) in [6.07, 6.45) is 15.5. The topological polar surface area (TPSA) is 59.2 Å². The molecule has 0 bridgehead atoms. The fraction of sp³-hybridized carbons (Fsp3) is 0.448. The highest BCUT2D eigenvalue weighted by Gasteiger charge is 2.16. The van der Waals surface area contributed by atoms with E-state index in [1.54, 1.807) is 0 Å². The number of fused-ring (bicyclic) bond motifs is 1. The third kappa shape index (κ3) is 5.87. The molecule has 35 heavy (non-hydrogen) atoms. The molecule has 0 amide bonds. The Morgan fingerprint density at radius 1 is 0.800 bits per heavy atom. The van der Waals surface area contributed by atoms with Crippen LogP contribution >= 0.6 is 0 Å². The zero-order valence-corrected chi connectivity index (χ0v) is 21.1. The second-order valence-corrected chi connectivity index (χ2v) is 9.68. The molecule has 0 atom stereocenters. The Morgan fingerprint density at radius 3 is 2.46 bits per heavy atom. The van der Waals surface area contributed by atoms with Crippen molar-refractivity contribution in [1.82, 2.24) is 24.3 Å². The lowest BCUT2D eigenvalue weighted by Gasteiger charge is -2.28. The molecule has 0 spiro atoms. The quantitative estimate of drug-likeness (QED) is 0.320. The summed E-state index contributed by atoms with van der Waals surface area (Å²) in [5.74, 6) is 1.93. The Labute approximate surface area is 208 Å². The summed E-state index contributed by atoms with van der Waals surface area (Å²) >= 11 is 0. The number of pyridine rings is 2. The number of aromatic nitrogens is 5. The molecule has 0 N–H and O–H groups in total. The molecule has 0 unspecified atom stereocenters. The molecule has 0 aromatic carbocycles. The minimum atomic E-state index is 0.668. The van der Waals surface area contributed by atoms with Gasteiger partial charge in [0.1, 0.15) is 17.3 Å². The van der Waals surface area contributed by atoms with Crippen molar-refractivity contribution in [2.24, 2.45) is 0 Å². The highest BCUT2D eigenvalue weighted by Crippen LogP contribution is 2.22. The van der Waals surface area contributed by atoms with Crippen LogP contribution < -0.4 is 4.90 Å².